The summed E-state index contributed by atoms with van der Waals surface area (Å²) >= 11 is 0. The molecule has 2 heterocycles. The first kappa shape index (κ1) is 19.9. The predicted octanol–water partition coefficient (Wildman–Crippen LogP) is 1.13. The summed E-state index contributed by atoms with van der Waals surface area (Å²) in [6.07, 6.45) is 2.20. The lowest BCUT2D eigenvalue weighted by atomic mass is 10.1. The zero-order chi connectivity index (χ0) is 21.0. The van der Waals surface area contributed by atoms with Gasteiger partial charge < -0.3 is 15.7 Å². The highest BCUT2D eigenvalue weighted by atomic mass is 16.4. The number of hydrogen-bond donors (Lipinski definition) is 3. The molecular formula is C19H20N6O4. The monoisotopic (exact) mass is 396 g/mol. The Balaban J connectivity index is 1.58. The number of carbonyl (C=O) groups is 3. The number of benzene rings is 1. The van der Waals surface area contributed by atoms with Gasteiger partial charge in [-0.15, -0.1) is 0 Å². The fourth-order valence-corrected chi connectivity index (χ4v) is 2.94. The van der Waals surface area contributed by atoms with Crippen LogP contribution in [0.4, 0.5) is 5.69 Å². The Hall–Kier alpha value is -3.82. The van der Waals surface area contributed by atoms with E-state index in [1.165, 1.54) is 18.5 Å². The van der Waals surface area contributed by atoms with E-state index in [-0.39, 0.29) is 12.3 Å². The fraction of sp³-hybridized carbons (Fsp3) is 0.263. The third kappa shape index (κ3) is 4.72. The predicted molar refractivity (Wildman–Crippen MR) is 104 cm³/mol. The third-order valence-electron chi connectivity index (χ3n) is 4.42. The van der Waals surface area contributed by atoms with Crippen molar-refractivity contribution in [3.05, 3.63) is 53.1 Å². The highest BCUT2D eigenvalue weighted by Gasteiger charge is 2.13. The average molecular weight is 396 g/mol. The molecule has 0 spiro atoms. The molecule has 0 saturated heterocycles. The van der Waals surface area contributed by atoms with Crippen LogP contribution >= 0.6 is 0 Å². The number of fused-ring (bicyclic) bond motifs is 1. The van der Waals surface area contributed by atoms with Crippen molar-refractivity contribution in [2.45, 2.75) is 26.7 Å². The molecule has 2 amide bonds. The van der Waals surface area contributed by atoms with E-state index in [2.05, 4.69) is 25.7 Å². The molecule has 29 heavy (non-hydrogen) atoms. The van der Waals surface area contributed by atoms with Crippen molar-refractivity contribution < 1.29 is 19.5 Å². The molecule has 2 aromatic heterocycles. The zero-order valence-electron chi connectivity index (χ0n) is 16.0. The van der Waals surface area contributed by atoms with E-state index in [9.17, 15) is 14.4 Å². The Morgan fingerprint density at radius 1 is 1.14 bits per heavy atom. The summed E-state index contributed by atoms with van der Waals surface area (Å²) in [5.74, 6) is -1.26. The lowest BCUT2D eigenvalue weighted by molar-refractivity contribution is -0.135. The molecule has 0 atom stereocenters. The van der Waals surface area contributed by atoms with Gasteiger partial charge in [0, 0.05) is 29.1 Å². The number of nitrogens with zero attached hydrogens (tertiary/aromatic N) is 4. The topological polar surface area (TPSA) is 139 Å². The number of nitrogens with one attached hydrogen (secondary N) is 2. The minimum absolute atomic E-state index is 0.175. The van der Waals surface area contributed by atoms with Gasteiger partial charge in [0.25, 0.3) is 11.7 Å². The molecule has 0 bridgehead atoms. The maximum absolute atomic E-state index is 12.3. The van der Waals surface area contributed by atoms with Gasteiger partial charge in [-0.05, 0) is 50.1 Å². The second kappa shape index (κ2) is 8.46. The number of rotatable bonds is 7. The molecule has 0 aliphatic heterocycles. The number of anilines is 1. The van der Waals surface area contributed by atoms with Gasteiger partial charge in [0.05, 0.1) is 0 Å². The maximum Gasteiger partial charge on any atom is 0.322 e. The van der Waals surface area contributed by atoms with Crippen LogP contribution in [0.2, 0.25) is 0 Å². The second-order valence-corrected chi connectivity index (χ2v) is 6.43. The molecule has 10 heteroatoms. The molecule has 150 valence electrons. The Kier molecular flexibility index (Phi) is 5.82. The highest BCUT2D eigenvalue weighted by Crippen LogP contribution is 2.16. The molecule has 3 N–H and O–H groups in total. The normalized spacial score (nSPS) is 10.7. The van der Waals surface area contributed by atoms with Crippen molar-refractivity contribution in [2.75, 3.05) is 11.9 Å². The van der Waals surface area contributed by atoms with Crippen molar-refractivity contribution in [2.24, 2.45) is 0 Å². The first-order valence-corrected chi connectivity index (χ1v) is 8.91. The van der Waals surface area contributed by atoms with E-state index in [0.29, 0.717) is 23.4 Å². The smallest absolute Gasteiger partial charge is 0.322 e. The largest absolute Gasteiger partial charge is 0.480 e. The summed E-state index contributed by atoms with van der Waals surface area (Å²) in [5.41, 5.74) is 3.51. The van der Waals surface area contributed by atoms with Crippen LogP contribution in [0.5, 0.6) is 0 Å². The van der Waals surface area contributed by atoms with Gasteiger partial charge in [0.1, 0.15) is 12.9 Å². The maximum atomic E-state index is 12.3. The van der Waals surface area contributed by atoms with Crippen LogP contribution in [-0.2, 0) is 16.0 Å². The lowest BCUT2D eigenvalue weighted by Crippen LogP contribution is -2.29. The van der Waals surface area contributed by atoms with Gasteiger partial charge in [0.2, 0.25) is 5.91 Å². The molecule has 10 nitrogen and oxygen atoms in total. The summed E-state index contributed by atoms with van der Waals surface area (Å²) in [5, 5.41) is 17.8. The number of carboxylic acids is 1. The molecule has 3 rings (SSSR count). The summed E-state index contributed by atoms with van der Waals surface area (Å²) in [7, 11) is 0. The molecule has 0 saturated carbocycles. The van der Waals surface area contributed by atoms with Gasteiger partial charge in [-0.25, -0.2) is 9.50 Å². The van der Waals surface area contributed by atoms with Gasteiger partial charge in [-0.2, -0.15) is 10.1 Å². The fourth-order valence-electron chi connectivity index (χ4n) is 2.94. The zero-order valence-corrected chi connectivity index (χ0v) is 16.0. The quantitative estimate of drug-likeness (QED) is 0.544. The number of aromatic nitrogens is 4. The third-order valence-corrected chi connectivity index (χ3v) is 4.42. The number of aryl methyl sites for hydroxylation is 2. The van der Waals surface area contributed by atoms with Gasteiger partial charge in [-0.3, -0.25) is 14.4 Å². The minimum atomic E-state index is -1.12. The van der Waals surface area contributed by atoms with Crippen LogP contribution in [0, 0.1) is 13.8 Å². The van der Waals surface area contributed by atoms with Crippen LogP contribution in [0.25, 0.3) is 5.78 Å². The van der Waals surface area contributed by atoms with Crippen molar-refractivity contribution in [1.29, 1.82) is 0 Å². The Morgan fingerprint density at radius 2 is 1.86 bits per heavy atom. The van der Waals surface area contributed by atoms with Crippen LogP contribution in [-0.4, -0.2) is 49.0 Å². The number of hydrogen-bond acceptors (Lipinski definition) is 6. The SMILES string of the molecule is Cc1nc2ncnn2c(C)c1CCC(=O)Nc1ccc(C(=O)NCC(=O)O)cc1. The average Bonchev–Trinajstić information content (AvgIpc) is 3.15. The van der Waals surface area contributed by atoms with Gasteiger partial charge in [-0.1, -0.05) is 0 Å². The summed E-state index contributed by atoms with van der Waals surface area (Å²) in [6.45, 7) is 3.34. The van der Waals surface area contributed by atoms with Crippen LogP contribution in [0.3, 0.4) is 0 Å². The number of carboxylic acid groups (broad SMARTS) is 1. The van der Waals surface area contributed by atoms with Crippen LogP contribution in [0.1, 0.15) is 33.7 Å². The Bertz CT molecular complexity index is 1070. The van der Waals surface area contributed by atoms with E-state index in [0.717, 1.165) is 17.0 Å². The number of carbonyl (C=O) groups excluding carboxylic acids is 2. The molecule has 0 radical (unpaired) electrons. The molecular weight excluding hydrogens is 376 g/mol. The van der Waals surface area contributed by atoms with Crippen molar-refractivity contribution >= 4 is 29.2 Å². The van der Waals surface area contributed by atoms with Crippen LogP contribution in [0.15, 0.2) is 30.6 Å². The van der Waals surface area contributed by atoms with Crippen molar-refractivity contribution in [1.82, 2.24) is 24.9 Å². The first-order chi connectivity index (χ1) is 13.8. The molecule has 1 aromatic carbocycles. The van der Waals surface area contributed by atoms with E-state index in [1.807, 2.05) is 13.8 Å². The van der Waals surface area contributed by atoms with Crippen molar-refractivity contribution in [3.8, 4) is 0 Å². The van der Waals surface area contributed by atoms with E-state index >= 15 is 0 Å². The van der Waals surface area contributed by atoms with E-state index < -0.39 is 18.4 Å². The Labute approximate surface area is 166 Å². The molecule has 0 aliphatic carbocycles. The minimum Gasteiger partial charge on any atom is -0.480 e. The lowest BCUT2D eigenvalue weighted by Gasteiger charge is -2.11. The van der Waals surface area contributed by atoms with Crippen molar-refractivity contribution in [3.63, 3.8) is 0 Å². The standard InChI is InChI=1S/C19H20N6O4/c1-11-15(12(2)25-19(23-11)21-10-22-25)7-8-16(26)24-14-5-3-13(4-6-14)18(29)20-9-17(27)28/h3-6,10H,7-9H2,1-2H3,(H,20,29)(H,24,26)(H,27,28). The van der Waals surface area contributed by atoms with Crippen LogP contribution < -0.4 is 10.6 Å². The summed E-state index contributed by atoms with van der Waals surface area (Å²) in [6, 6.07) is 6.22. The molecule has 3 aromatic rings. The van der Waals surface area contributed by atoms with Gasteiger partial charge >= 0.3 is 5.97 Å². The summed E-state index contributed by atoms with van der Waals surface area (Å²) < 4.78 is 1.65. The molecule has 0 fully saturated rings. The second-order valence-electron chi connectivity index (χ2n) is 6.43. The highest BCUT2D eigenvalue weighted by molar-refractivity contribution is 5.97. The van der Waals surface area contributed by atoms with Gasteiger partial charge in [0.15, 0.2) is 0 Å². The number of aliphatic carboxylic acids is 1. The number of amides is 2. The van der Waals surface area contributed by atoms with E-state index in [1.54, 1.807) is 16.6 Å². The molecule has 0 unspecified atom stereocenters. The molecule has 0 aliphatic rings. The van der Waals surface area contributed by atoms with E-state index in [4.69, 9.17) is 5.11 Å². The summed E-state index contributed by atoms with van der Waals surface area (Å²) in [4.78, 5) is 43.1. The Morgan fingerprint density at radius 3 is 2.55 bits per heavy atom. The first-order valence-electron chi connectivity index (χ1n) is 8.91.